The summed E-state index contributed by atoms with van der Waals surface area (Å²) in [7, 11) is -0.157. The van der Waals surface area contributed by atoms with E-state index < -0.39 is 8.32 Å². The zero-order valence-corrected chi connectivity index (χ0v) is 23.4. The van der Waals surface area contributed by atoms with Gasteiger partial charge in [-0.2, -0.15) is 0 Å². The molecule has 4 nitrogen and oxygen atoms in total. The van der Waals surface area contributed by atoms with E-state index in [0.29, 0.717) is 35.5 Å². The molecule has 0 N–H and O–H groups in total. The molecule has 188 valence electrons. The summed E-state index contributed by atoms with van der Waals surface area (Å²) in [4.78, 5) is 2.64. The predicted molar refractivity (Wildman–Crippen MR) is 142 cm³/mol. The van der Waals surface area contributed by atoms with Gasteiger partial charge in [0.1, 0.15) is 6.79 Å². The van der Waals surface area contributed by atoms with Gasteiger partial charge in [-0.1, -0.05) is 91.0 Å². The molecule has 1 heterocycles. The molecule has 3 atom stereocenters. The fourth-order valence-electron chi connectivity index (χ4n) is 6.04. The third-order valence-electron chi connectivity index (χ3n) is 7.50. The molecule has 0 unspecified atom stereocenters. The third-order valence-corrected chi connectivity index (χ3v) is 13.6. The Morgan fingerprint density at radius 3 is 2.18 bits per heavy atom. The molecule has 0 aromatic heterocycles. The first kappa shape index (κ1) is 28.3. The third kappa shape index (κ3) is 7.25. The number of nitrogens with zero attached hydrogens (tertiary/aromatic N) is 1. The van der Waals surface area contributed by atoms with Crippen LogP contribution in [0.3, 0.4) is 0 Å². The Hall–Kier alpha value is -0.983. The van der Waals surface area contributed by atoms with Crippen molar-refractivity contribution in [1.82, 2.24) is 4.90 Å². The molecule has 1 aromatic rings. The zero-order chi connectivity index (χ0) is 24.4. The Labute approximate surface area is 204 Å². The summed E-state index contributed by atoms with van der Waals surface area (Å²) in [6, 6.07) is 11.5. The first-order valence-electron chi connectivity index (χ1n) is 13.0. The molecule has 2 rings (SSSR count). The number of methoxy groups -OCH3 is 1. The molecule has 0 bridgehead atoms. The van der Waals surface area contributed by atoms with Crippen LogP contribution < -0.4 is 0 Å². The van der Waals surface area contributed by atoms with E-state index in [1.807, 2.05) is 0 Å². The van der Waals surface area contributed by atoms with Gasteiger partial charge in [0.2, 0.25) is 0 Å². The lowest BCUT2D eigenvalue weighted by molar-refractivity contribution is -0.107. The van der Waals surface area contributed by atoms with E-state index in [1.54, 1.807) is 7.11 Å². The molecule has 33 heavy (non-hydrogen) atoms. The molecular weight excluding hydrogens is 426 g/mol. The topological polar surface area (TPSA) is 30.9 Å². The van der Waals surface area contributed by atoms with Crippen LogP contribution in [0.15, 0.2) is 42.5 Å². The maximum atomic E-state index is 6.93. The van der Waals surface area contributed by atoms with E-state index in [9.17, 15) is 0 Å². The smallest absolute Gasteiger partial charge is 0.200 e. The Balaban J connectivity index is 2.21. The fraction of sp³-hybridized carbons (Fsp3) is 0.714. The summed E-state index contributed by atoms with van der Waals surface area (Å²) in [6.07, 6.45) is 7.90. The van der Waals surface area contributed by atoms with Crippen LogP contribution in [0.4, 0.5) is 0 Å². The number of ether oxygens (including phenoxy) is 2. The molecule has 0 spiro atoms. The van der Waals surface area contributed by atoms with Gasteiger partial charge in [0.25, 0.3) is 0 Å². The quantitative estimate of drug-likeness (QED) is 0.162. The average molecular weight is 476 g/mol. The van der Waals surface area contributed by atoms with Gasteiger partial charge in [-0.3, -0.25) is 4.90 Å². The molecule has 0 radical (unpaired) electrons. The van der Waals surface area contributed by atoms with Crippen molar-refractivity contribution in [1.29, 1.82) is 0 Å². The van der Waals surface area contributed by atoms with Gasteiger partial charge >= 0.3 is 0 Å². The number of hydrogen-bond acceptors (Lipinski definition) is 4. The first-order valence-corrected chi connectivity index (χ1v) is 15.1. The summed E-state index contributed by atoms with van der Waals surface area (Å²) >= 11 is 0. The number of rotatable bonds is 14. The monoisotopic (exact) mass is 475 g/mol. The Kier molecular flexibility index (Phi) is 11.8. The van der Waals surface area contributed by atoms with E-state index in [2.05, 4.69) is 95.8 Å². The standard InChI is InChI=1S/C28H49NO3Si/c1-9-28(31-21-30-8)27-17-13-16-26(29(27)20-25-14-11-10-12-15-25)18-19-32-33(22(2)3,23(4)5)24(6)7/h10-16,22-24,26-28H,9,17-21H2,1-8H3/t26-,27+,28+/m1/s1. The van der Waals surface area contributed by atoms with Crippen LogP contribution in [0.2, 0.25) is 16.6 Å². The summed E-state index contributed by atoms with van der Waals surface area (Å²) in [5.41, 5.74) is 3.18. The molecule has 0 amide bonds. The Morgan fingerprint density at radius 1 is 1.00 bits per heavy atom. The average Bonchev–Trinajstić information content (AvgIpc) is 2.78. The van der Waals surface area contributed by atoms with E-state index in [4.69, 9.17) is 13.9 Å². The maximum absolute atomic E-state index is 6.93. The van der Waals surface area contributed by atoms with Crippen LogP contribution >= 0.6 is 0 Å². The highest BCUT2D eigenvalue weighted by Gasteiger charge is 2.45. The highest BCUT2D eigenvalue weighted by molar-refractivity contribution is 6.77. The normalized spacial score (nSPS) is 20.8. The largest absolute Gasteiger partial charge is 0.416 e. The van der Waals surface area contributed by atoms with Gasteiger partial charge in [0, 0.05) is 32.3 Å². The van der Waals surface area contributed by atoms with Crippen molar-refractivity contribution < 1.29 is 13.9 Å². The van der Waals surface area contributed by atoms with Gasteiger partial charge < -0.3 is 13.9 Å². The maximum Gasteiger partial charge on any atom is 0.200 e. The van der Waals surface area contributed by atoms with Crippen molar-refractivity contribution in [2.45, 2.75) is 109 Å². The minimum atomic E-state index is -1.86. The summed E-state index contributed by atoms with van der Waals surface area (Å²) in [5, 5.41) is 0. The van der Waals surface area contributed by atoms with Crippen molar-refractivity contribution in [2.24, 2.45) is 0 Å². The predicted octanol–water partition coefficient (Wildman–Crippen LogP) is 7.17. The van der Waals surface area contributed by atoms with Crippen LogP contribution in [-0.4, -0.2) is 51.9 Å². The van der Waals surface area contributed by atoms with Crippen molar-refractivity contribution in [3.63, 3.8) is 0 Å². The molecule has 0 saturated heterocycles. The van der Waals surface area contributed by atoms with Crippen molar-refractivity contribution in [3.05, 3.63) is 48.0 Å². The lowest BCUT2D eigenvalue weighted by atomic mass is 9.94. The Morgan fingerprint density at radius 2 is 1.64 bits per heavy atom. The van der Waals surface area contributed by atoms with Crippen LogP contribution in [0.1, 0.15) is 73.3 Å². The van der Waals surface area contributed by atoms with Gasteiger partial charge in [0.15, 0.2) is 8.32 Å². The van der Waals surface area contributed by atoms with Gasteiger partial charge in [-0.15, -0.1) is 0 Å². The van der Waals surface area contributed by atoms with E-state index >= 15 is 0 Å². The number of hydrogen-bond donors (Lipinski definition) is 0. The minimum Gasteiger partial charge on any atom is -0.416 e. The van der Waals surface area contributed by atoms with Gasteiger partial charge in [-0.25, -0.2) is 0 Å². The minimum absolute atomic E-state index is 0.150. The van der Waals surface area contributed by atoms with Crippen LogP contribution in [0.5, 0.6) is 0 Å². The van der Waals surface area contributed by atoms with Crippen LogP contribution in [-0.2, 0) is 20.4 Å². The molecule has 5 heteroatoms. The van der Waals surface area contributed by atoms with Crippen LogP contribution in [0.25, 0.3) is 0 Å². The molecule has 1 aliphatic heterocycles. The molecule has 1 aromatic carbocycles. The van der Waals surface area contributed by atoms with Crippen molar-refractivity contribution in [2.75, 3.05) is 20.5 Å². The fourth-order valence-corrected chi connectivity index (χ4v) is 11.5. The zero-order valence-electron chi connectivity index (χ0n) is 22.4. The summed E-state index contributed by atoms with van der Waals surface area (Å²) in [6.45, 7) is 18.5. The molecule has 0 fully saturated rings. The number of benzene rings is 1. The first-order chi connectivity index (χ1) is 15.8. The summed E-state index contributed by atoms with van der Waals surface area (Å²) < 4.78 is 18.3. The van der Waals surface area contributed by atoms with E-state index in [-0.39, 0.29) is 6.10 Å². The van der Waals surface area contributed by atoms with E-state index in [0.717, 1.165) is 32.4 Å². The highest BCUT2D eigenvalue weighted by atomic mass is 28.4. The second-order valence-electron chi connectivity index (χ2n) is 10.4. The molecule has 0 aliphatic carbocycles. The van der Waals surface area contributed by atoms with Crippen LogP contribution in [0, 0.1) is 0 Å². The Bertz CT molecular complexity index is 670. The molecular formula is C28H49NO3Si. The second kappa shape index (κ2) is 13.8. The lowest BCUT2D eigenvalue weighted by Gasteiger charge is -2.45. The SMILES string of the molecule is CC[C@H](OCOC)[C@@H]1CC=C[C@H](CCO[Si](C(C)C)(C(C)C)C(C)C)N1Cc1ccccc1. The lowest BCUT2D eigenvalue weighted by Crippen LogP contribution is -2.52. The van der Waals surface area contributed by atoms with Crippen molar-refractivity contribution in [3.8, 4) is 0 Å². The van der Waals surface area contributed by atoms with E-state index in [1.165, 1.54) is 5.56 Å². The highest BCUT2D eigenvalue weighted by Crippen LogP contribution is 2.42. The molecule has 1 aliphatic rings. The summed E-state index contributed by atoms with van der Waals surface area (Å²) in [5.74, 6) is 0. The second-order valence-corrected chi connectivity index (χ2v) is 15.9. The van der Waals surface area contributed by atoms with Gasteiger partial charge in [0.05, 0.1) is 6.10 Å². The van der Waals surface area contributed by atoms with Crippen molar-refractivity contribution >= 4 is 8.32 Å². The molecule has 0 saturated carbocycles. The van der Waals surface area contributed by atoms with Gasteiger partial charge in [-0.05, 0) is 41.4 Å².